The fourth-order valence-electron chi connectivity index (χ4n) is 2.05. The van der Waals surface area contributed by atoms with Crippen LogP contribution in [0.4, 0.5) is 11.6 Å². The highest BCUT2D eigenvalue weighted by Gasteiger charge is 2.01. The van der Waals surface area contributed by atoms with E-state index in [9.17, 15) is 0 Å². The molecule has 2 aromatic rings. The Labute approximate surface area is 133 Å². The summed E-state index contributed by atoms with van der Waals surface area (Å²) in [5.41, 5.74) is 1.99. The Morgan fingerprint density at radius 2 is 1.73 bits per heavy atom. The van der Waals surface area contributed by atoms with E-state index >= 15 is 0 Å². The molecule has 22 heavy (non-hydrogen) atoms. The molecule has 1 aromatic carbocycles. The molecule has 2 rings (SSSR count). The first-order valence-electron chi connectivity index (χ1n) is 7.72. The molecule has 5 nitrogen and oxygen atoms in total. The third-order valence-corrected chi connectivity index (χ3v) is 3.46. The van der Waals surface area contributed by atoms with Crippen molar-refractivity contribution in [3.63, 3.8) is 0 Å². The van der Waals surface area contributed by atoms with Crippen molar-refractivity contribution in [2.24, 2.45) is 0 Å². The largest absolute Gasteiger partial charge is 0.492 e. The summed E-state index contributed by atoms with van der Waals surface area (Å²) in [5.74, 6) is 1.48. The zero-order chi connectivity index (χ0) is 15.8. The summed E-state index contributed by atoms with van der Waals surface area (Å²) in [5, 5.41) is 3.16. The van der Waals surface area contributed by atoms with E-state index in [2.05, 4.69) is 34.0 Å². The van der Waals surface area contributed by atoms with E-state index in [1.54, 1.807) is 12.4 Å². The van der Waals surface area contributed by atoms with Crippen LogP contribution in [0, 0.1) is 0 Å². The Bertz CT molecular complexity index is 555. The molecule has 116 valence electrons. The second kappa shape index (κ2) is 8.39. The first-order chi connectivity index (χ1) is 10.7. The quantitative estimate of drug-likeness (QED) is 0.742. The van der Waals surface area contributed by atoms with Gasteiger partial charge in [-0.25, -0.2) is 9.97 Å². The maximum atomic E-state index is 5.76. The van der Waals surface area contributed by atoms with Gasteiger partial charge >= 0.3 is 0 Å². The van der Waals surface area contributed by atoms with Crippen LogP contribution >= 0.6 is 0 Å². The summed E-state index contributed by atoms with van der Waals surface area (Å²) in [6, 6.07) is 7.85. The van der Waals surface area contributed by atoms with Crippen LogP contribution in [-0.2, 0) is 0 Å². The number of rotatable bonds is 8. The zero-order valence-corrected chi connectivity index (χ0v) is 13.5. The van der Waals surface area contributed by atoms with Crippen LogP contribution in [0.25, 0.3) is 0 Å². The van der Waals surface area contributed by atoms with Gasteiger partial charge in [-0.05, 0) is 37.4 Å². The van der Waals surface area contributed by atoms with Gasteiger partial charge < -0.3 is 15.0 Å². The molecule has 1 heterocycles. The smallest absolute Gasteiger partial charge is 0.227 e. The summed E-state index contributed by atoms with van der Waals surface area (Å²) in [4.78, 5) is 10.8. The summed E-state index contributed by atoms with van der Waals surface area (Å²) >= 11 is 0. The molecule has 0 fully saturated rings. The number of hydrogen-bond donors (Lipinski definition) is 1. The predicted octanol–water partition coefficient (Wildman–Crippen LogP) is 1.20. The highest BCUT2D eigenvalue weighted by atomic mass is 16.5. The Morgan fingerprint density at radius 3 is 2.32 bits per heavy atom. The van der Waals surface area contributed by atoms with Gasteiger partial charge in [0.1, 0.15) is 20.2 Å². The van der Waals surface area contributed by atoms with Gasteiger partial charge in [-0.2, -0.15) is 0 Å². The molecular formula is C16H23BN4O. The lowest BCUT2D eigenvalue weighted by Crippen LogP contribution is -2.27. The fourth-order valence-corrected chi connectivity index (χ4v) is 2.05. The molecule has 0 unspecified atom stereocenters. The number of ether oxygens (including phenoxy) is 1. The van der Waals surface area contributed by atoms with Crippen LogP contribution in [0.3, 0.4) is 0 Å². The molecule has 0 saturated carbocycles. The molecule has 0 saturated heterocycles. The Hall–Kier alpha value is -2.08. The molecular weight excluding hydrogens is 275 g/mol. The Morgan fingerprint density at radius 1 is 1.09 bits per heavy atom. The molecule has 0 spiro atoms. The van der Waals surface area contributed by atoms with Crippen LogP contribution < -0.4 is 15.5 Å². The SMILES string of the molecule is Bc1cnc(Nc2ccc(OCCN(CC)CC)cc2)nc1. The van der Waals surface area contributed by atoms with E-state index in [-0.39, 0.29) is 0 Å². The predicted molar refractivity (Wildman–Crippen MR) is 93.2 cm³/mol. The highest BCUT2D eigenvalue weighted by Crippen LogP contribution is 2.17. The van der Waals surface area contributed by atoms with Crippen molar-refractivity contribution in [1.29, 1.82) is 0 Å². The van der Waals surface area contributed by atoms with E-state index in [1.807, 2.05) is 32.1 Å². The summed E-state index contributed by atoms with van der Waals surface area (Å²) in [7, 11) is 1.97. The zero-order valence-electron chi connectivity index (χ0n) is 13.5. The van der Waals surface area contributed by atoms with Crippen LogP contribution in [0.1, 0.15) is 13.8 Å². The molecule has 6 heteroatoms. The monoisotopic (exact) mass is 298 g/mol. The lowest BCUT2D eigenvalue weighted by atomic mass is 10.0. The summed E-state index contributed by atoms with van der Waals surface area (Å²) in [6.45, 7) is 8.09. The molecule has 0 aliphatic rings. The number of likely N-dealkylation sites (N-methyl/N-ethyl adjacent to an activating group) is 1. The van der Waals surface area contributed by atoms with Crippen LogP contribution in [0.15, 0.2) is 36.7 Å². The van der Waals surface area contributed by atoms with Gasteiger partial charge in [-0.3, -0.25) is 0 Å². The van der Waals surface area contributed by atoms with Crippen molar-refractivity contribution in [1.82, 2.24) is 14.9 Å². The lowest BCUT2D eigenvalue weighted by molar-refractivity contribution is 0.223. The van der Waals surface area contributed by atoms with Crippen molar-refractivity contribution >= 4 is 24.9 Å². The number of benzene rings is 1. The molecule has 0 bridgehead atoms. The van der Waals surface area contributed by atoms with Crippen LogP contribution in [-0.4, -0.2) is 49.0 Å². The average molecular weight is 298 g/mol. The van der Waals surface area contributed by atoms with Crippen molar-refractivity contribution in [2.75, 3.05) is 31.6 Å². The van der Waals surface area contributed by atoms with Gasteiger partial charge in [-0.15, -0.1) is 0 Å². The Kier molecular flexibility index (Phi) is 6.21. The third-order valence-electron chi connectivity index (χ3n) is 3.46. The van der Waals surface area contributed by atoms with Gasteiger partial charge in [0.15, 0.2) is 0 Å². The maximum Gasteiger partial charge on any atom is 0.227 e. The number of anilines is 2. The van der Waals surface area contributed by atoms with Gasteiger partial charge in [0, 0.05) is 24.6 Å². The number of hydrogen-bond acceptors (Lipinski definition) is 5. The fraction of sp³-hybridized carbons (Fsp3) is 0.375. The molecule has 0 aliphatic heterocycles. The number of aromatic nitrogens is 2. The maximum absolute atomic E-state index is 5.76. The van der Waals surface area contributed by atoms with Gasteiger partial charge in [0.2, 0.25) is 5.95 Å². The van der Waals surface area contributed by atoms with Gasteiger partial charge in [0.25, 0.3) is 0 Å². The Balaban J connectivity index is 1.83. The number of nitrogens with one attached hydrogen (secondary N) is 1. The number of nitrogens with zero attached hydrogens (tertiary/aromatic N) is 3. The van der Waals surface area contributed by atoms with Crippen molar-refractivity contribution in [3.8, 4) is 5.75 Å². The van der Waals surface area contributed by atoms with E-state index < -0.39 is 0 Å². The molecule has 1 N–H and O–H groups in total. The van der Waals surface area contributed by atoms with Gasteiger partial charge in [0.05, 0.1) is 0 Å². The second-order valence-corrected chi connectivity index (χ2v) is 5.11. The van der Waals surface area contributed by atoms with Crippen molar-refractivity contribution < 1.29 is 4.74 Å². The first kappa shape index (κ1) is 16.3. The summed E-state index contributed by atoms with van der Waals surface area (Å²) in [6.07, 6.45) is 3.58. The van der Waals surface area contributed by atoms with E-state index in [0.29, 0.717) is 12.6 Å². The average Bonchev–Trinajstić information content (AvgIpc) is 2.55. The lowest BCUT2D eigenvalue weighted by Gasteiger charge is -2.18. The van der Waals surface area contributed by atoms with Crippen LogP contribution in [0.5, 0.6) is 5.75 Å². The molecule has 0 aliphatic carbocycles. The minimum absolute atomic E-state index is 0.598. The molecule has 0 amide bonds. The second-order valence-electron chi connectivity index (χ2n) is 5.11. The molecule has 0 atom stereocenters. The summed E-state index contributed by atoms with van der Waals surface area (Å²) < 4.78 is 5.76. The third kappa shape index (κ3) is 5.04. The van der Waals surface area contributed by atoms with Crippen molar-refractivity contribution in [2.45, 2.75) is 13.8 Å². The normalized spacial score (nSPS) is 10.7. The van der Waals surface area contributed by atoms with E-state index in [0.717, 1.165) is 36.5 Å². The minimum Gasteiger partial charge on any atom is -0.492 e. The van der Waals surface area contributed by atoms with Crippen molar-refractivity contribution in [3.05, 3.63) is 36.7 Å². The standard InChI is InChI=1S/C16H23BN4O/c1-3-21(4-2)9-10-22-15-7-5-14(6-8-15)20-16-18-11-13(17)12-19-16/h5-8,11-12H,3-4,9-10,17H2,1-2H3,(H,18,19,20). The first-order valence-corrected chi connectivity index (χ1v) is 7.72. The van der Waals surface area contributed by atoms with Gasteiger partial charge in [-0.1, -0.05) is 19.3 Å². The van der Waals surface area contributed by atoms with E-state index in [1.165, 1.54) is 0 Å². The van der Waals surface area contributed by atoms with Crippen LogP contribution in [0.2, 0.25) is 0 Å². The molecule has 1 aromatic heterocycles. The van der Waals surface area contributed by atoms with E-state index in [4.69, 9.17) is 4.74 Å². The molecule has 0 radical (unpaired) electrons. The topological polar surface area (TPSA) is 50.3 Å². The minimum atomic E-state index is 0.598. The highest BCUT2D eigenvalue weighted by molar-refractivity contribution is 6.31.